The van der Waals surface area contributed by atoms with Gasteiger partial charge >= 0.3 is 0 Å². The van der Waals surface area contributed by atoms with Gasteiger partial charge in [0.2, 0.25) is 0 Å². The molecule has 112 valence electrons. The Morgan fingerprint density at radius 2 is 2.00 bits per heavy atom. The minimum Gasteiger partial charge on any atom is -0.488 e. The molecule has 0 saturated carbocycles. The van der Waals surface area contributed by atoms with Gasteiger partial charge in [0.05, 0.1) is 0 Å². The first-order chi connectivity index (χ1) is 10.1. The summed E-state index contributed by atoms with van der Waals surface area (Å²) in [6, 6.07) is 8.75. The van der Waals surface area contributed by atoms with Crippen LogP contribution < -0.4 is 10.1 Å². The first-order valence-electron chi connectivity index (χ1n) is 6.66. The Morgan fingerprint density at radius 1 is 1.19 bits per heavy atom. The van der Waals surface area contributed by atoms with E-state index in [0.29, 0.717) is 22.9 Å². The summed E-state index contributed by atoms with van der Waals surface area (Å²) >= 11 is 6.16. The van der Waals surface area contributed by atoms with Crippen molar-refractivity contribution in [2.24, 2.45) is 0 Å². The monoisotopic (exact) mass is 311 g/mol. The van der Waals surface area contributed by atoms with Gasteiger partial charge < -0.3 is 10.1 Å². The molecule has 1 N–H and O–H groups in total. The maximum absolute atomic E-state index is 13.6. The maximum atomic E-state index is 13.6. The summed E-state index contributed by atoms with van der Waals surface area (Å²) in [4.78, 5) is 0. The van der Waals surface area contributed by atoms with Crippen molar-refractivity contribution in [1.29, 1.82) is 0 Å². The van der Waals surface area contributed by atoms with Gasteiger partial charge in [-0.3, -0.25) is 0 Å². The molecule has 0 aliphatic rings. The van der Waals surface area contributed by atoms with Crippen LogP contribution in [-0.4, -0.2) is 6.54 Å². The van der Waals surface area contributed by atoms with Crippen molar-refractivity contribution in [2.45, 2.75) is 20.1 Å². The Balaban J connectivity index is 2.14. The van der Waals surface area contributed by atoms with E-state index < -0.39 is 11.6 Å². The number of halogens is 3. The van der Waals surface area contributed by atoms with Gasteiger partial charge in [-0.2, -0.15) is 0 Å². The predicted molar refractivity (Wildman–Crippen MR) is 79.5 cm³/mol. The molecule has 0 aliphatic heterocycles. The number of benzene rings is 2. The lowest BCUT2D eigenvalue weighted by atomic mass is 10.2. The largest absolute Gasteiger partial charge is 0.488 e. The van der Waals surface area contributed by atoms with Crippen LogP contribution in [0.4, 0.5) is 8.78 Å². The summed E-state index contributed by atoms with van der Waals surface area (Å²) in [6.07, 6.45) is 0. The standard InChI is InChI=1S/C16H16ClF2NO/c1-2-20-9-13-14(17)4-3-5-16(13)21-10-11-6-7-12(18)8-15(11)19/h3-8,20H,2,9-10H2,1H3. The normalized spacial score (nSPS) is 10.7. The van der Waals surface area contributed by atoms with E-state index in [1.807, 2.05) is 6.92 Å². The molecule has 5 heteroatoms. The van der Waals surface area contributed by atoms with E-state index in [0.717, 1.165) is 18.2 Å². The van der Waals surface area contributed by atoms with Crippen LogP contribution in [0.1, 0.15) is 18.1 Å². The van der Waals surface area contributed by atoms with Crippen LogP contribution in [0.2, 0.25) is 5.02 Å². The molecule has 2 rings (SSSR count). The van der Waals surface area contributed by atoms with Gasteiger partial charge in [-0.15, -0.1) is 0 Å². The van der Waals surface area contributed by atoms with Gasteiger partial charge in [0.25, 0.3) is 0 Å². The molecule has 0 aliphatic carbocycles. The molecular weight excluding hydrogens is 296 g/mol. The second-order valence-corrected chi connectivity index (χ2v) is 4.93. The zero-order valence-electron chi connectivity index (χ0n) is 11.6. The Labute approximate surface area is 127 Å². The van der Waals surface area contributed by atoms with E-state index in [-0.39, 0.29) is 6.61 Å². The van der Waals surface area contributed by atoms with Crippen molar-refractivity contribution in [3.63, 3.8) is 0 Å². The molecule has 2 aromatic rings. The minimum atomic E-state index is -0.620. The van der Waals surface area contributed by atoms with Crippen molar-refractivity contribution in [1.82, 2.24) is 5.32 Å². The summed E-state index contributed by atoms with van der Waals surface area (Å²) in [5.74, 6) is -0.635. The fourth-order valence-corrected chi connectivity index (χ4v) is 2.12. The maximum Gasteiger partial charge on any atom is 0.132 e. The summed E-state index contributed by atoms with van der Waals surface area (Å²) in [6.45, 7) is 3.38. The molecule has 0 unspecified atom stereocenters. The van der Waals surface area contributed by atoms with Crippen molar-refractivity contribution in [2.75, 3.05) is 6.54 Å². The van der Waals surface area contributed by atoms with Crippen LogP contribution in [0.25, 0.3) is 0 Å². The lowest BCUT2D eigenvalue weighted by Crippen LogP contribution is -2.13. The molecule has 0 amide bonds. The van der Waals surface area contributed by atoms with Gasteiger partial charge in [0.1, 0.15) is 24.0 Å². The molecule has 0 aromatic heterocycles. The average molecular weight is 312 g/mol. The van der Waals surface area contributed by atoms with Crippen LogP contribution in [0.3, 0.4) is 0 Å². The third-order valence-corrected chi connectivity index (χ3v) is 3.38. The smallest absolute Gasteiger partial charge is 0.132 e. The molecule has 0 radical (unpaired) electrons. The van der Waals surface area contributed by atoms with Gasteiger partial charge in [-0.1, -0.05) is 24.6 Å². The van der Waals surface area contributed by atoms with Gasteiger partial charge in [0.15, 0.2) is 0 Å². The van der Waals surface area contributed by atoms with Gasteiger partial charge in [0, 0.05) is 28.8 Å². The lowest BCUT2D eigenvalue weighted by Gasteiger charge is -2.13. The molecular formula is C16H16ClF2NO. The van der Waals surface area contributed by atoms with Gasteiger partial charge in [-0.25, -0.2) is 8.78 Å². The first kappa shape index (κ1) is 15.7. The van der Waals surface area contributed by atoms with Crippen LogP contribution in [-0.2, 0) is 13.2 Å². The fourth-order valence-electron chi connectivity index (χ4n) is 1.89. The quantitative estimate of drug-likeness (QED) is 0.858. The van der Waals surface area contributed by atoms with Crippen LogP contribution in [0.15, 0.2) is 36.4 Å². The first-order valence-corrected chi connectivity index (χ1v) is 7.04. The molecule has 0 bridgehead atoms. The van der Waals surface area contributed by atoms with Crippen molar-refractivity contribution < 1.29 is 13.5 Å². The van der Waals surface area contributed by atoms with Crippen molar-refractivity contribution >= 4 is 11.6 Å². The Hall–Kier alpha value is -1.65. The van der Waals surface area contributed by atoms with E-state index in [1.165, 1.54) is 12.1 Å². The molecule has 0 fully saturated rings. The summed E-state index contributed by atoms with van der Waals surface area (Å²) < 4.78 is 32.1. The molecule has 0 atom stereocenters. The molecule has 2 nitrogen and oxygen atoms in total. The molecule has 0 heterocycles. The number of hydrogen-bond acceptors (Lipinski definition) is 2. The van der Waals surface area contributed by atoms with E-state index in [1.54, 1.807) is 18.2 Å². The number of nitrogens with one attached hydrogen (secondary N) is 1. The predicted octanol–water partition coefficient (Wildman–Crippen LogP) is 4.31. The van der Waals surface area contributed by atoms with Gasteiger partial charge in [-0.05, 0) is 30.8 Å². The highest BCUT2D eigenvalue weighted by molar-refractivity contribution is 6.31. The third kappa shape index (κ3) is 4.16. The number of hydrogen-bond donors (Lipinski definition) is 1. The molecule has 0 saturated heterocycles. The topological polar surface area (TPSA) is 21.3 Å². The van der Waals surface area contributed by atoms with Crippen LogP contribution in [0.5, 0.6) is 5.75 Å². The molecule has 0 spiro atoms. The average Bonchev–Trinajstić information content (AvgIpc) is 2.45. The zero-order valence-corrected chi connectivity index (χ0v) is 12.4. The summed E-state index contributed by atoms with van der Waals surface area (Å²) in [5, 5.41) is 3.77. The summed E-state index contributed by atoms with van der Waals surface area (Å²) in [5.41, 5.74) is 1.12. The molecule has 21 heavy (non-hydrogen) atoms. The third-order valence-electron chi connectivity index (χ3n) is 3.03. The summed E-state index contributed by atoms with van der Waals surface area (Å²) in [7, 11) is 0. The van der Waals surface area contributed by atoms with E-state index in [4.69, 9.17) is 16.3 Å². The molecule has 2 aromatic carbocycles. The lowest BCUT2D eigenvalue weighted by molar-refractivity contribution is 0.295. The minimum absolute atomic E-state index is 0.0194. The zero-order chi connectivity index (χ0) is 15.2. The van der Waals surface area contributed by atoms with Crippen LogP contribution in [0, 0.1) is 11.6 Å². The highest BCUT2D eigenvalue weighted by Crippen LogP contribution is 2.27. The highest BCUT2D eigenvalue weighted by Gasteiger charge is 2.10. The van der Waals surface area contributed by atoms with Crippen molar-refractivity contribution in [3.8, 4) is 5.75 Å². The Morgan fingerprint density at radius 3 is 2.71 bits per heavy atom. The Bertz CT molecular complexity index is 619. The van der Waals surface area contributed by atoms with E-state index >= 15 is 0 Å². The second-order valence-electron chi connectivity index (χ2n) is 4.52. The van der Waals surface area contributed by atoms with E-state index in [9.17, 15) is 8.78 Å². The second kappa shape index (κ2) is 7.38. The highest BCUT2D eigenvalue weighted by atomic mass is 35.5. The number of rotatable bonds is 6. The van der Waals surface area contributed by atoms with Crippen molar-refractivity contribution in [3.05, 3.63) is 64.2 Å². The number of ether oxygens (including phenoxy) is 1. The fraction of sp³-hybridized carbons (Fsp3) is 0.250. The van der Waals surface area contributed by atoms with E-state index in [2.05, 4.69) is 5.32 Å². The Kier molecular flexibility index (Phi) is 5.53. The SMILES string of the molecule is CCNCc1c(Cl)cccc1OCc1ccc(F)cc1F. The van der Waals surface area contributed by atoms with Crippen LogP contribution >= 0.6 is 11.6 Å².